The topological polar surface area (TPSA) is 25.9 Å². The molecule has 1 saturated heterocycles. The molecule has 28 heavy (non-hydrogen) atoms. The van der Waals surface area contributed by atoms with Gasteiger partial charge in [-0.05, 0) is 44.7 Å². The Morgan fingerprint density at radius 3 is 1.86 bits per heavy atom. The number of hydrogen-bond donors (Lipinski definition) is 0. The molecule has 0 saturated carbocycles. The summed E-state index contributed by atoms with van der Waals surface area (Å²) < 4.78 is 19.0. The summed E-state index contributed by atoms with van der Waals surface area (Å²) in [6.45, 7) is 6.57. The van der Waals surface area contributed by atoms with Crippen LogP contribution in [0.5, 0.6) is 0 Å². The largest absolute Gasteiger partial charge is 0.318 e. The van der Waals surface area contributed by atoms with Gasteiger partial charge in [-0.1, -0.05) is 60.7 Å². The van der Waals surface area contributed by atoms with Crippen molar-refractivity contribution in [1.82, 2.24) is 4.57 Å². The SMILES string of the molecule is CC(C)(C)n1cc[n+](CP2(=O)[C@H](c3ccccc3)CC[C@H]2c2ccccc2)c1. The molecule has 0 bridgehead atoms. The van der Waals surface area contributed by atoms with Crippen LogP contribution < -0.4 is 4.57 Å². The lowest BCUT2D eigenvalue weighted by Gasteiger charge is -2.25. The van der Waals surface area contributed by atoms with Crippen LogP contribution in [0.15, 0.2) is 79.4 Å². The van der Waals surface area contributed by atoms with E-state index in [-0.39, 0.29) is 16.9 Å². The lowest BCUT2D eigenvalue weighted by Crippen LogP contribution is -2.33. The quantitative estimate of drug-likeness (QED) is 0.387. The summed E-state index contributed by atoms with van der Waals surface area (Å²) >= 11 is 0. The molecule has 3 aromatic rings. The molecule has 0 N–H and O–H groups in total. The predicted molar refractivity (Wildman–Crippen MR) is 115 cm³/mol. The van der Waals surface area contributed by atoms with E-state index in [9.17, 15) is 4.57 Å². The van der Waals surface area contributed by atoms with E-state index in [1.165, 1.54) is 11.1 Å². The predicted octanol–water partition coefficient (Wildman–Crippen LogP) is 6.13. The van der Waals surface area contributed by atoms with Crippen LogP contribution in [0.2, 0.25) is 0 Å². The van der Waals surface area contributed by atoms with E-state index in [0.29, 0.717) is 6.29 Å². The van der Waals surface area contributed by atoms with Gasteiger partial charge in [0.05, 0.1) is 0 Å². The van der Waals surface area contributed by atoms with Crippen molar-refractivity contribution in [3.05, 3.63) is 90.5 Å². The Balaban J connectivity index is 1.74. The van der Waals surface area contributed by atoms with E-state index >= 15 is 0 Å². The maximum Gasteiger partial charge on any atom is 0.244 e. The van der Waals surface area contributed by atoms with Gasteiger partial charge < -0.3 is 4.57 Å². The first-order valence-electron chi connectivity index (χ1n) is 10.1. The number of nitrogens with zero attached hydrogens (tertiary/aromatic N) is 2. The van der Waals surface area contributed by atoms with Crippen LogP contribution in [0.25, 0.3) is 0 Å². The van der Waals surface area contributed by atoms with Gasteiger partial charge >= 0.3 is 0 Å². The van der Waals surface area contributed by atoms with E-state index in [0.717, 1.165) is 12.8 Å². The fourth-order valence-corrected chi connectivity index (χ4v) is 8.52. The van der Waals surface area contributed by atoms with Gasteiger partial charge in [0.15, 0.2) is 0 Å². The first-order valence-corrected chi connectivity index (χ1v) is 12.2. The molecule has 4 heteroatoms. The van der Waals surface area contributed by atoms with Gasteiger partial charge in [0.25, 0.3) is 0 Å². The van der Waals surface area contributed by atoms with Gasteiger partial charge in [0.2, 0.25) is 6.33 Å². The number of aromatic nitrogens is 2. The highest BCUT2D eigenvalue weighted by Gasteiger charge is 2.48. The molecule has 1 aliphatic heterocycles. The second-order valence-corrected chi connectivity index (χ2v) is 12.2. The van der Waals surface area contributed by atoms with Crippen LogP contribution in [0.3, 0.4) is 0 Å². The van der Waals surface area contributed by atoms with Gasteiger partial charge in [-0.25, -0.2) is 9.13 Å². The van der Waals surface area contributed by atoms with Crippen LogP contribution in [0.1, 0.15) is 56.1 Å². The maximum absolute atomic E-state index is 14.7. The minimum Gasteiger partial charge on any atom is -0.318 e. The molecule has 3 nitrogen and oxygen atoms in total. The second-order valence-electron chi connectivity index (χ2n) is 8.93. The Morgan fingerprint density at radius 2 is 1.43 bits per heavy atom. The van der Waals surface area contributed by atoms with Gasteiger partial charge in [-0.2, -0.15) is 0 Å². The molecule has 1 fully saturated rings. The monoisotopic (exact) mass is 393 g/mol. The average Bonchev–Trinajstić information content (AvgIpc) is 3.28. The molecule has 146 valence electrons. The molecular formula is C24H30N2OP+. The zero-order chi connectivity index (χ0) is 19.8. The molecule has 0 amide bonds. The summed E-state index contributed by atoms with van der Waals surface area (Å²) in [5.74, 6) is 0. The van der Waals surface area contributed by atoms with Gasteiger partial charge in [0.1, 0.15) is 31.4 Å². The first kappa shape index (κ1) is 19.2. The molecule has 1 aliphatic rings. The first-order chi connectivity index (χ1) is 13.4. The summed E-state index contributed by atoms with van der Waals surface area (Å²) in [6, 6.07) is 20.9. The van der Waals surface area contributed by atoms with Gasteiger partial charge in [-0.15, -0.1) is 0 Å². The van der Waals surface area contributed by atoms with Crippen LogP contribution in [-0.2, 0) is 16.4 Å². The van der Waals surface area contributed by atoms with Gasteiger partial charge in [-0.3, -0.25) is 0 Å². The fraction of sp³-hybridized carbons (Fsp3) is 0.375. The van der Waals surface area contributed by atoms with Gasteiger partial charge in [0, 0.05) is 11.3 Å². The highest BCUT2D eigenvalue weighted by Crippen LogP contribution is 2.76. The number of rotatable bonds is 4. The molecule has 0 aliphatic carbocycles. The molecule has 2 atom stereocenters. The minimum atomic E-state index is -2.55. The van der Waals surface area contributed by atoms with Crippen molar-refractivity contribution in [1.29, 1.82) is 0 Å². The van der Waals surface area contributed by atoms with Crippen LogP contribution in [0, 0.1) is 0 Å². The van der Waals surface area contributed by atoms with Crippen LogP contribution in [-0.4, -0.2) is 4.57 Å². The summed E-state index contributed by atoms with van der Waals surface area (Å²) in [5, 5.41) is 0. The van der Waals surface area contributed by atoms with E-state index in [2.05, 4.69) is 97.2 Å². The van der Waals surface area contributed by atoms with Crippen LogP contribution >= 0.6 is 7.14 Å². The molecule has 0 unspecified atom stereocenters. The van der Waals surface area contributed by atoms with Crippen molar-refractivity contribution in [2.24, 2.45) is 0 Å². The molecule has 0 radical (unpaired) electrons. The highest BCUT2D eigenvalue weighted by molar-refractivity contribution is 7.63. The third-order valence-electron chi connectivity index (χ3n) is 5.99. The number of benzene rings is 2. The Hall–Kier alpha value is -2.12. The Bertz CT molecular complexity index is 921. The molecule has 2 aromatic carbocycles. The summed E-state index contributed by atoms with van der Waals surface area (Å²) in [5.41, 5.74) is 2.72. The minimum absolute atomic E-state index is 0.0209. The van der Waals surface area contributed by atoms with Crippen molar-refractivity contribution < 1.29 is 9.13 Å². The third-order valence-corrected chi connectivity index (χ3v) is 9.98. The van der Waals surface area contributed by atoms with Crippen molar-refractivity contribution in [3.63, 3.8) is 0 Å². The van der Waals surface area contributed by atoms with Crippen LogP contribution in [0.4, 0.5) is 0 Å². The van der Waals surface area contributed by atoms with E-state index in [1.54, 1.807) is 0 Å². The molecule has 2 heterocycles. The molecular weight excluding hydrogens is 363 g/mol. The average molecular weight is 393 g/mol. The van der Waals surface area contributed by atoms with E-state index in [4.69, 9.17) is 0 Å². The van der Waals surface area contributed by atoms with Crippen molar-refractivity contribution >= 4 is 7.14 Å². The third kappa shape index (κ3) is 3.61. The Morgan fingerprint density at radius 1 is 0.929 bits per heavy atom. The molecule has 0 spiro atoms. The highest BCUT2D eigenvalue weighted by atomic mass is 31.2. The van der Waals surface area contributed by atoms with Crippen molar-refractivity contribution in [3.8, 4) is 0 Å². The smallest absolute Gasteiger partial charge is 0.244 e. The summed E-state index contributed by atoms with van der Waals surface area (Å²) in [6.07, 6.45) is 8.85. The van der Waals surface area contributed by atoms with E-state index < -0.39 is 7.14 Å². The standard InChI is InChI=1S/C24H30N2OP/c1-24(2,3)26-17-16-25(18-26)19-28(27)22(20-10-6-4-7-11-20)14-15-23(28)21-12-8-5-9-13-21/h4-13,16-18,22-23H,14-15,19H2,1-3H3/q+1/t22-,23-/m0/s1. The zero-order valence-electron chi connectivity index (χ0n) is 17.0. The molecule has 4 rings (SSSR count). The van der Waals surface area contributed by atoms with Crippen molar-refractivity contribution in [2.45, 2.75) is 56.8 Å². The number of hydrogen-bond acceptors (Lipinski definition) is 1. The Labute approximate surface area is 168 Å². The van der Waals surface area contributed by atoms with Crippen molar-refractivity contribution in [2.75, 3.05) is 0 Å². The maximum atomic E-state index is 14.7. The summed E-state index contributed by atoms with van der Waals surface area (Å²) in [4.78, 5) is 0. The fourth-order valence-electron chi connectivity index (χ4n) is 4.49. The Kier molecular flexibility index (Phi) is 5.05. The second kappa shape index (κ2) is 7.37. The lowest BCUT2D eigenvalue weighted by molar-refractivity contribution is -0.678. The van der Waals surface area contributed by atoms with E-state index in [1.807, 2.05) is 12.1 Å². The normalized spacial score (nSPS) is 21.7. The number of imidazole rings is 1. The zero-order valence-corrected chi connectivity index (χ0v) is 17.9. The lowest BCUT2D eigenvalue weighted by atomic mass is 10.0. The summed E-state index contributed by atoms with van der Waals surface area (Å²) in [7, 11) is -2.55. The molecule has 1 aromatic heterocycles.